The van der Waals surface area contributed by atoms with E-state index in [1.165, 1.54) is 0 Å². The number of esters is 1. The van der Waals surface area contributed by atoms with Gasteiger partial charge in [0.2, 0.25) is 5.69 Å². The SMILES string of the molecule is CCOC(=O)c1nc(Cl)oc1OCC. The molecule has 0 aromatic carbocycles. The number of carbonyl (C=O) groups excluding carboxylic acids is 1. The Balaban J connectivity index is 2.88. The molecule has 0 aliphatic carbocycles. The van der Waals surface area contributed by atoms with Crippen LogP contribution < -0.4 is 4.74 Å². The summed E-state index contributed by atoms with van der Waals surface area (Å²) in [5.74, 6) is -0.609. The Kier molecular flexibility index (Phi) is 3.76. The van der Waals surface area contributed by atoms with E-state index in [4.69, 9.17) is 25.5 Å². The van der Waals surface area contributed by atoms with E-state index in [9.17, 15) is 4.79 Å². The largest absolute Gasteiger partial charge is 0.464 e. The van der Waals surface area contributed by atoms with Crippen LogP contribution in [0, 0.1) is 0 Å². The van der Waals surface area contributed by atoms with Gasteiger partial charge in [0.1, 0.15) is 0 Å². The van der Waals surface area contributed by atoms with Gasteiger partial charge in [0.15, 0.2) is 0 Å². The van der Waals surface area contributed by atoms with Gasteiger partial charge in [-0.05, 0) is 25.4 Å². The molecule has 0 spiro atoms. The Labute approximate surface area is 86.0 Å². The molecule has 0 aliphatic heterocycles. The van der Waals surface area contributed by atoms with Crippen molar-refractivity contribution in [2.45, 2.75) is 13.8 Å². The van der Waals surface area contributed by atoms with Crippen molar-refractivity contribution in [2.24, 2.45) is 0 Å². The Bertz CT molecular complexity index is 323. The molecule has 5 nitrogen and oxygen atoms in total. The van der Waals surface area contributed by atoms with Crippen LogP contribution in [0.4, 0.5) is 0 Å². The van der Waals surface area contributed by atoms with Crippen LogP contribution in [0.3, 0.4) is 0 Å². The number of ether oxygens (including phenoxy) is 2. The highest BCUT2D eigenvalue weighted by Gasteiger charge is 2.21. The average Bonchev–Trinajstić information content (AvgIpc) is 2.48. The molecule has 0 amide bonds. The summed E-state index contributed by atoms with van der Waals surface area (Å²) in [6.45, 7) is 4.07. The minimum absolute atomic E-state index is 0.00375. The van der Waals surface area contributed by atoms with Gasteiger partial charge in [-0.2, -0.15) is 4.98 Å². The minimum atomic E-state index is -0.605. The lowest BCUT2D eigenvalue weighted by Crippen LogP contribution is -2.07. The normalized spacial score (nSPS) is 9.93. The van der Waals surface area contributed by atoms with Crippen molar-refractivity contribution in [3.63, 3.8) is 0 Å². The second-order valence-electron chi connectivity index (χ2n) is 2.26. The van der Waals surface area contributed by atoms with Crippen LogP contribution in [0.1, 0.15) is 24.3 Å². The van der Waals surface area contributed by atoms with Crippen LogP contribution in [0.5, 0.6) is 5.95 Å². The average molecular weight is 220 g/mol. The van der Waals surface area contributed by atoms with E-state index in [-0.39, 0.29) is 23.6 Å². The maximum Gasteiger partial charge on any atom is 0.364 e. The van der Waals surface area contributed by atoms with Gasteiger partial charge in [-0.15, -0.1) is 0 Å². The van der Waals surface area contributed by atoms with Gasteiger partial charge in [0.05, 0.1) is 13.2 Å². The molecular weight excluding hydrogens is 210 g/mol. The smallest absolute Gasteiger partial charge is 0.364 e. The molecule has 0 atom stereocenters. The van der Waals surface area contributed by atoms with Gasteiger partial charge in [-0.1, -0.05) is 0 Å². The molecule has 1 rings (SSSR count). The monoisotopic (exact) mass is 219 g/mol. The summed E-state index contributed by atoms with van der Waals surface area (Å²) in [7, 11) is 0. The van der Waals surface area contributed by atoms with Gasteiger partial charge < -0.3 is 13.9 Å². The number of oxazole rings is 1. The fraction of sp³-hybridized carbons (Fsp3) is 0.500. The van der Waals surface area contributed by atoms with E-state index in [0.717, 1.165) is 0 Å². The van der Waals surface area contributed by atoms with Gasteiger partial charge in [0.25, 0.3) is 5.35 Å². The number of nitrogens with zero attached hydrogens (tertiary/aromatic N) is 1. The minimum Gasteiger partial charge on any atom is -0.464 e. The number of carbonyl (C=O) groups is 1. The highest BCUT2D eigenvalue weighted by Crippen LogP contribution is 2.23. The molecule has 6 heteroatoms. The second kappa shape index (κ2) is 4.85. The third-order valence-corrected chi connectivity index (χ3v) is 1.48. The Morgan fingerprint density at radius 1 is 1.50 bits per heavy atom. The zero-order chi connectivity index (χ0) is 10.6. The molecule has 0 saturated heterocycles. The molecule has 14 heavy (non-hydrogen) atoms. The highest BCUT2D eigenvalue weighted by molar-refractivity contribution is 6.28. The molecule has 1 aromatic heterocycles. The first-order valence-electron chi connectivity index (χ1n) is 4.15. The maximum absolute atomic E-state index is 11.3. The molecule has 0 bridgehead atoms. The van der Waals surface area contributed by atoms with Crippen molar-refractivity contribution in [1.82, 2.24) is 4.98 Å². The molecule has 0 aliphatic rings. The van der Waals surface area contributed by atoms with Crippen molar-refractivity contribution in [3.05, 3.63) is 11.0 Å². The standard InChI is InChI=1S/C8H10ClNO4/c1-3-12-6(11)5-7(13-4-2)14-8(9)10-5/h3-4H2,1-2H3. The fourth-order valence-electron chi connectivity index (χ4n) is 0.839. The van der Waals surface area contributed by atoms with Crippen molar-refractivity contribution in [1.29, 1.82) is 0 Å². The summed E-state index contributed by atoms with van der Waals surface area (Å²) in [4.78, 5) is 14.9. The van der Waals surface area contributed by atoms with Gasteiger partial charge in [-0.3, -0.25) is 0 Å². The van der Waals surface area contributed by atoms with E-state index >= 15 is 0 Å². The highest BCUT2D eigenvalue weighted by atomic mass is 35.5. The van der Waals surface area contributed by atoms with Gasteiger partial charge in [-0.25, -0.2) is 4.79 Å². The lowest BCUT2D eigenvalue weighted by molar-refractivity contribution is 0.0512. The molecule has 1 aromatic rings. The number of hydrogen-bond acceptors (Lipinski definition) is 5. The summed E-state index contributed by atoms with van der Waals surface area (Å²) in [6.07, 6.45) is 0. The van der Waals surface area contributed by atoms with E-state index < -0.39 is 5.97 Å². The van der Waals surface area contributed by atoms with E-state index in [0.29, 0.717) is 6.61 Å². The summed E-state index contributed by atoms with van der Waals surface area (Å²) in [6, 6.07) is 0. The Hall–Kier alpha value is -1.23. The van der Waals surface area contributed by atoms with Crippen LogP contribution in [0.15, 0.2) is 4.42 Å². The zero-order valence-electron chi connectivity index (χ0n) is 7.87. The summed E-state index contributed by atoms with van der Waals surface area (Å²) in [5.41, 5.74) is -0.0290. The van der Waals surface area contributed by atoms with Crippen LogP contribution in [0.2, 0.25) is 5.35 Å². The molecule has 0 saturated carbocycles. The predicted octanol–water partition coefficient (Wildman–Crippen LogP) is 1.90. The lowest BCUT2D eigenvalue weighted by atomic mass is 10.5. The Morgan fingerprint density at radius 3 is 2.79 bits per heavy atom. The second-order valence-corrected chi connectivity index (χ2v) is 2.58. The molecule has 78 valence electrons. The number of rotatable bonds is 4. The first-order valence-corrected chi connectivity index (χ1v) is 4.53. The predicted molar refractivity (Wildman–Crippen MR) is 48.6 cm³/mol. The molecular formula is C8H10ClNO4. The topological polar surface area (TPSA) is 61.6 Å². The molecule has 0 N–H and O–H groups in total. The van der Waals surface area contributed by atoms with Crippen molar-refractivity contribution < 1.29 is 18.7 Å². The first kappa shape index (κ1) is 10.8. The molecule has 1 heterocycles. The van der Waals surface area contributed by atoms with Crippen molar-refractivity contribution in [2.75, 3.05) is 13.2 Å². The van der Waals surface area contributed by atoms with Crippen LogP contribution in [-0.4, -0.2) is 24.2 Å². The lowest BCUT2D eigenvalue weighted by Gasteiger charge is -2.00. The summed E-state index contributed by atoms with van der Waals surface area (Å²) >= 11 is 5.48. The van der Waals surface area contributed by atoms with Crippen LogP contribution in [-0.2, 0) is 4.74 Å². The zero-order valence-corrected chi connectivity index (χ0v) is 8.63. The number of aromatic nitrogens is 1. The number of hydrogen-bond donors (Lipinski definition) is 0. The molecule has 0 fully saturated rings. The van der Waals surface area contributed by atoms with E-state index in [1.807, 2.05) is 0 Å². The first-order chi connectivity index (χ1) is 6.69. The van der Waals surface area contributed by atoms with E-state index in [1.54, 1.807) is 13.8 Å². The third kappa shape index (κ3) is 2.38. The third-order valence-electron chi connectivity index (χ3n) is 1.31. The van der Waals surface area contributed by atoms with Gasteiger partial charge in [0, 0.05) is 0 Å². The van der Waals surface area contributed by atoms with Crippen LogP contribution in [0.25, 0.3) is 0 Å². The molecule has 0 radical (unpaired) electrons. The van der Waals surface area contributed by atoms with Crippen molar-refractivity contribution >= 4 is 17.6 Å². The summed E-state index contributed by atoms with van der Waals surface area (Å²) in [5, 5.41) is -0.142. The fourth-order valence-corrected chi connectivity index (χ4v) is 0.993. The summed E-state index contributed by atoms with van der Waals surface area (Å²) < 4.78 is 14.6. The van der Waals surface area contributed by atoms with Crippen LogP contribution >= 0.6 is 11.6 Å². The van der Waals surface area contributed by atoms with Gasteiger partial charge >= 0.3 is 11.9 Å². The van der Waals surface area contributed by atoms with E-state index in [2.05, 4.69) is 4.98 Å². The Morgan fingerprint density at radius 2 is 2.21 bits per heavy atom. The van der Waals surface area contributed by atoms with Crippen molar-refractivity contribution in [3.8, 4) is 5.95 Å². The number of halogens is 1. The maximum atomic E-state index is 11.3. The molecule has 0 unspecified atom stereocenters. The quantitative estimate of drug-likeness (QED) is 0.724.